The molecule has 13 heavy (non-hydrogen) atoms. The van der Waals surface area contributed by atoms with Crippen molar-refractivity contribution in [2.75, 3.05) is 32.4 Å². The average molecular weight is 200 g/mol. The highest BCUT2D eigenvalue weighted by atomic mass is 32.2. The first-order valence-electron chi connectivity index (χ1n) is 5.37. The predicted octanol–water partition coefficient (Wildman–Crippen LogP) is 1.18. The number of nitrogens with zero attached hydrogens (tertiary/aromatic N) is 1. The highest BCUT2D eigenvalue weighted by Crippen LogP contribution is 2.31. The van der Waals surface area contributed by atoms with E-state index in [2.05, 4.69) is 28.2 Å². The van der Waals surface area contributed by atoms with Crippen molar-refractivity contribution in [1.29, 1.82) is 0 Å². The topological polar surface area (TPSA) is 15.3 Å². The molecule has 2 aliphatic rings. The molecule has 2 nitrogen and oxygen atoms in total. The molecule has 2 atom stereocenters. The third-order valence-corrected chi connectivity index (χ3v) is 4.45. The van der Waals surface area contributed by atoms with Gasteiger partial charge in [-0.05, 0) is 25.5 Å². The van der Waals surface area contributed by atoms with Gasteiger partial charge in [0.15, 0.2) is 0 Å². The van der Waals surface area contributed by atoms with E-state index in [1.807, 2.05) is 0 Å². The molecule has 0 spiro atoms. The van der Waals surface area contributed by atoms with E-state index in [-0.39, 0.29) is 0 Å². The lowest BCUT2D eigenvalue weighted by molar-refractivity contribution is 0.176. The van der Waals surface area contributed by atoms with Gasteiger partial charge in [-0.25, -0.2) is 0 Å². The molecule has 1 heterocycles. The lowest BCUT2D eigenvalue weighted by Crippen LogP contribution is -2.47. The summed E-state index contributed by atoms with van der Waals surface area (Å²) in [5.41, 5.74) is 0. The number of hydrogen-bond acceptors (Lipinski definition) is 3. The molecule has 0 bridgehead atoms. The van der Waals surface area contributed by atoms with E-state index in [1.54, 1.807) is 0 Å². The standard InChI is InChI=1S/C10H20N2S/c1-13-10-3-2-9(8-10)12-6-4-11-5-7-12/h9-11H,2-8H2,1H3. The predicted molar refractivity (Wildman–Crippen MR) is 59.4 cm³/mol. The Labute approximate surface area is 85.4 Å². The molecule has 2 unspecified atom stereocenters. The number of rotatable bonds is 2. The summed E-state index contributed by atoms with van der Waals surface area (Å²) in [5, 5.41) is 4.36. The van der Waals surface area contributed by atoms with Gasteiger partial charge in [-0.2, -0.15) is 11.8 Å². The molecule has 3 heteroatoms. The Morgan fingerprint density at radius 3 is 2.62 bits per heavy atom. The van der Waals surface area contributed by atoms with Crippen LogP contribution in [0.2, 0.25) is 0 Å². The maximum Gasteiger partial charge on any atom is 0.0110 e. The molecule has 0 aromatic carbocycles. The third-order valence-electron chi connectivity index (χ3n) is 3.36. The Morgan fingerprint density at radius 2 is 2.00 bits per heavy atom. The maximum absolute atomic E-state index is 3.42. The highest BCUT2D eigenvalue weighted by Gasteiger charge is 2.28. The van der Waals surface area contributed by atoms with Crippen LogP contribution in [0.1, 0.15) is 19.3 Å². The van der Waals surface area contributed by atoms with Crippen molar-refractivity contribution < 1.29 is 0 Å². The molecule has 2 rings (SSSR count). The monoisotopic (exact) mass is 200 g/mol. The van der Waals surface area contributed by atoms with Gasteiger partial charge >= 0.3 is 0 Å². The van der Waals surface area contributed by atoms with Crippen LogP contribution in [0.15, 0.2) is 0 Å². The van der Waals surface area contributed by atoms with Crippen LogP contribution >= 0.6 is 11.8 Å². The molecular formula is C10H20N2S. The average Bonchev–Trinajstić information content (AvgIpc) is 2.67. The first-order valence-corrected chi connectivity index (χ1v) is 6.66. The quantitative estimate of drug-likeness (QED) is 0.720. The van der Waals surface area contributed by atoms with Gasteiger partial charge in [0, 0.05) is 37.5 Å². The molecule has 1 aliphatic heterocycles. The van der Waals surface area contributed by atoms with Crippen molar-refractivity contribution in [3.8, 4) is 0 Å². The molecule has 0 aromatic rings. The van der Waals surface area contributed by atoms with Crippen molar-refractivity contribution >= 4 is 11.8 Å². The van der Waals surface area contributed by atoms with Gasteiger partial charge < -0.3 is 5.32 Å². The number of thioether (sulfide) groups is 1. The summed E-state index contributed by atoms with van der Waals surface area (Å²) in [6.45, 7) is 4.93. The van der Waals surface area contributed by atoms with Gasteiger partial charge in [0.05, 0.1) is 0 Å². The molecular weight excluding hydrogens is 180 g/mol. The van der Waals surface area contributed by atoms with Crippen molar-refractivity contribution in [2.24, 2.45) is 0 Å². The van der Waals surface area contributed by atoms with E-state index in [1.165, 1.54) is 45.4 Å². The molecule has 1 N–H and O–H groups in total. The molecule has 0 radical (unpaired) electrons. The minimum atomic E-state index is 0.902. The van der Waals surface area contributed by atoms with Crippen molar-refractivity contribution in [3.63, 3.8) is 0 Å². The molecule has 1 aliphatic carbocycles. The Balaban J connectivity index is 1.80. The van der Waals surface area contributed by atoms with Crippen LogP contribution in [-0.2, 0) is 0 Å². The van der Waals surface area contributed by atoms with Crippen LogP contribution in [0.25, 0.3) is 0 Å². The molecule has 0 aromatic heterocycles. The van der Waals surface area contributed by atoms with Gasteiger partial charge in [-0.3, -0.25) is 4.90 Å². The molecule has 1 saturated carbocycles. The minimum Gasteiger partial charge on any atom is -0.314 e. The van der Waals surface area contributed by atoms with Crippen molar-refractivity contribution in [3.05, 3.63) is 0 Å². The number of hydrogen-bond donors (Lipinski definition) is 1. The van der Waals surface area contributed by atoms with Gasteiger partial charge in [0.1, 0.15) is 0 Å². The second-order valence-electron chi connectivity index (χ2n) is 4.11. The van der Waals surface area contributed by atoms with Crippen LogP contribution in [0.4, 0.5) is 0 Å². The summed E-state index contributed by atoms with van der Waals surface area (Å²) in [4.78, 5) is 2.69. The lowest BCUT2D eigenvalue weighted by Gasteiger charge is -2.32. The Bertz CT molecular complexity index is 157. The van der Waals surface area contributed by atoms with Crippen LogP contribution in [0.3, 0.4) is 0 Å². The van der Waals surface area contributed by atoms with E-state index < -0.39 is 0 Å². The van der Waals surface area contributed by atoms with Crippen molar-refractivity contribution in [1.82, 2.24) is 10.2 Å². The molecule has 0 amide bonds. The van der Waals surface area contributed by atoms with E-state index in [0.29, 0.717) is 0 Å². The Morgan fingerprint density at radius 1 is 1.23 bits per heavy atom. The lowest BCUT2D eigenvalue weighted by atomic mass is 10.2. The Kier molecular flexibility index (Phi) is 3.52. The van der Waals surface area contributed by atoms with Gasteiger partial charge in [-0.1, -0.05) is 0 Å². The molecule has 1 saturated heterocycles. The zero-order valence-corrected chi connectivity index (χ0v) is 9.28. The summed E-state index contributed by atoms with van der Waals surface area (Å²) < 4.78 is 0. The van der Waals surface area contributed by atoms with Crippen LogP contribution in [0, 0.1) is 0 Å². The SMILES string of the molecule is CSC1CCC(N2CCNCC2)C1. The fourth-order valence-electron chi connectivity index (χ4n) is 2.51. The zero-order chi connectivity index (χ0) is 9.10. The maximum atomic E-state index is 3.42. The van der Waals surface area contributed by atoms with Crippen LogP contribution in [0.5, 0.6) is 0 Å². The van der Waals surface area contributed by atoms with Crippen LogP contribution < -0.4 is 5.32 Å². The summed E-state index contributed by atoms with van der Waals surface area (Å²) >= 11 is 2.06. The highest BCUT2D eigenvalue weighted by molar-refractivity contribution is 7.99. The first kappa shape index (κ1) is 9.81. The third kappa shape index (κ3) is 2.39. The number of piperazine rings is 1. The largest absolute Gasteiger partial charge is 0.314 e. The van der Waals surface area contributed by atoms with E-state index in [4.69, 9.17) is 0 Å². The molecule has 76 valence electrons. The summed E-state index contributed by atoms with van der Waals surface area (Å²) in [5.74, 6) is 0. The van der Waals surface area contributed by atoms with E-state index in [9.17, 15) is 0 Å². The normalized spacial score (nSPS) is 36.7. The second kappa shape index (κ2) is 4.67. The minimum absolute atomic E-state index is 0.902. The summed E-state index contributed by atoms with van der Waals surface area (Å²) in [7, 11) is 0. The second-order valence-corrected chi connectivity index (χ2v) is 5.25. The smallest absolute Gasteiger partial charge is 0.0110 e. The van der Waals surface area contributed by atoms with Crippen LogP contribution in [-0.4, -0.2) is 48.6 Å². The Hall–Kier alpha value is 0.270. The number of nitrogens with one attached hydrogen (secondary N) is 1. The van der Waals surface area contributed by atoms with Crippen molar-refractivity contribution in [2.45, 2.75) is 30.6 Å². The van der Waals surface area contributed by atoms with Gasteiger partial charge in [0.25, 0.3) is 0 Å². The fourth-order valence-corrected chi connectivity index (χ4v) is 3.30. The van der Waals surface area contributed by atoms with Gasteiger partial charge in [-0.15, -0.1) is 0 Å². The zero-order valence-electron chi connectivity index (χ0n) is 8.46. The first-order chi connectivity index (χ1) is 6.40. The van der Waals surface area contributed by atoms with Gasteiger partial charge in [0.2, 0.25) is 0 Å². The molecule has 2 fully saturated rings. The summed E-state index contributed by atoms with van der Waals surface area (Å²) in [6.07, 6.45) is 6.56. The van der Waals surface area contributed by atoms with E-state index in [0.717, 1.165) is 11.3 Å². The summed E-state index contributed by atoms with van der Waals surface area (Å²) in [6, 6.07) is 0.902. The fraction of sp³-hybridized carbons (Fsp3) is 1.00. The van der Waals surface area contributed by atoms with E-state index >= 15 is 0 Å².